The Morgan fingerprint density at radius 1 is 1.53 bits per heavy atom. The van der Waals surface area contributed by atoms with Crippen LogP contribution in [0.25, 0.3) is 0 Å². The average molecular weight is 305 g/mol. The predicted molar refractivity (Wildman–Crippen MR) is 76.1 cm³/mol. The van der Waals surface area contributed by atoms with Gasteiger partial charge in [0.2, 0.25) is 0 Å². The fourth-order valence-corrected chi connectivity index (χ4v) is 4.48. The van der Waals surface area contributed by atoms with E-state index in [2.05, 4.69) is 9.69 Å². The van der Waals surface area contributed by atoms with Crippen molar-refractivity contribution >= 4 is 32.2 Å². The molecule has 0 unspecified atom stereocenters. The summed E-state index contributed by atoms with van der Waals surface area (Å²) in [7, 11) is -3.36. The molecule has 108 valence electrons. The van der Waals surface area contributed by atoms with Gasteiger partial charge in [-0.05, 0) is 24.4 Å². The molecule has 1 aliphatic carbocycles. The number of nitrogen functional groups attached to an aromatic ring is 1. The Hall–Kier alpha value is -0.860. The highest BCUT2D eigenvalue weighted by Gasteiger charge is 2.40. The second-order valence-corrected chi connectivity index (χ2v) is 8.58. The van der Waals surface area contributed by atoms with Crippen molar-refractivity contribution in [3.05, 3.63) is 0 Å². The molecule has 2 rings (SSSR count). The molecule has 0 radical (unpaired) electrons. The molecule has 1 aromatic heterocycles. The van der Waals surface area contributed by atoms with Crippen LogP contribution >= 0.6 is 11.5 Å². The number of aliphatic hydroxyl groups excluding tert-OH is 1. The lowest BCUT2D eigenvalue weighted by Crippen LogP contribution is -2.27. The molecule has 1 fully saturated rings. The minimum absolute atomic E-state index is 0.0129. The van der Waals surface area contributed by atoms with Gasteiger partial charge in [-0.25, -0.2) is 8.42 Å². The second-order valence-electron chi connectivity index (χ2n) is 5.65. The third-order valence-electron chi connectivity index (χ3n) is 3.08. The summed E-state index contributed by atoms with van der Waals surface area (Å²) in [6.07, 6.45) is 1.39. The van der Waals surface area contributed by atoms with Gasteiger partial charge in [-0.2, -0.15) is 4.37 Å². The van der Waals surface area contributed by atoms with E-state index in [9.17, 15) is 13.5 Å². The van der Waals surface area contributed by atoms with Crippen molar-refractivity contribution in [2.24, 2.45) is 5.41 Å². The molecule has 0 spiro atoms. The Morgan fingerprint density at radius 3 is 2.68 bits per heavy atom. The van der Waals surface area contributed by atoms with Crippen LogP contribution in [0, 0.1) is 5.41 Å². The quantitative estimate of drug-likeness (QED) is 0.726. The molecule has 0 atom stereocenters. The first-order valence-corrected chi connectivity index (χ1v) is 8.44. The summed E-state index contributed by atoms with van der Waals surface area (Å²) < 4.78 is 28.5. The van der Waals surface area contributed by atoms with Crippen molar-refractivity contribution in [3.63, 3.8) is 0 Å². The summed E-state index contributed by atoms with van der Waals surface area (Å²) in [5, 5.41) is 12.4. The lowest BCUT2D eigenvalue weighted by Gasteiger charge is -2.22. The Labute approximate surface area is 117 Å². The highest BCUT2D eigenvalue weighted by molar-refractivity contribution is 7.92. The van der Waals surface area contributed by atoms with Crippen LogP contribution in [0.2, 0.25) is 0 Å². The maximum Gasteiger partial charge on any atom is 0.187 e. The van der Waals surface area contributed by atoms with Crippen molar-refractivity contribution in [1.29, 1.82) is 0 Å². The fourth-order valence-electron chi connectivity index (χ4n) is 1.60. The van der Waals surface area contributed by atoms with Crippen LogP contribution in [0.5, 0.6) is 0 Å². The number of rotatable bonds is 6. The molecule has 0 aliphatic heterocycles. The number of hydrogen-bond acceptors (Lipinski definition) is 7. The lowest BCUT2D eigenvalue weighted by molar-refractivity contribution is 0.171. The Morgan fingerprint density at radius 2 is 2.16 bits per heavy atom. The van der Waals surface area contributed by atoms with Crippen LogP contribution in [0.4, 0.5) is 10.8 Å². The SMILES string of the molecule is CC(C)(CO)CNc1snc(N)c1S(=O)(=O)C1CC1. The summed E-state index contributed by atoms with van der Waals surface area (Å²) in [6.45, 7) is 4.25. The van der Waals surface area contributed by atoms with Crippen LogP contribution < -0.4 is 11.1 Å². The zero-order valence-corrected chi connectivity index (χ0v) is 12.6. The maximum absolute atomic E-state index is 12.3. The van der Waals surface area contributed by atoms with Crippen LogP contribution in [-0.2, 0) is 9.84 Å². The molecular weight excluding hydrogens is 286 g/mol. The molecule has 0 amide bonds. The van der Waals surface area contributed by atoms with Gasteiger partial charge >= 0.3 is 0 Å². The van der Waals surface area contributed by atoms with Crippen molar-refractivity contribution in [3.8, 4) is 0 Å². The van der Waals surface area contributed by atoms with Gasteiger partial charge in [-0.15, -0.1) is 0 Å². The van der Waals surface area contributed by atoms with E-state index in [0.717, 1.165) is 11.5 Å². The highest BCUT2D eigenvalue weighted by atomic mass is 32.2. The molecule has 1 heterocycles. The minimum Gasteiger partial charge on any atom is -0.396 e. The van der Waals surface area contributed by atoms with Gasteiger partial charge < -0.3 is 16.2 Å². The summed E-state index contributed by atoms with van der Waals surface area (Å²) >= 11 is 1.05. The molecular formula is C11H19N3O3S2. The largest absolute Gasteiger partial charge is 0.396 e. The lowest BCUT2D eigenvalue weighted by atomic mass is 9.95. The summed E-state index contributed by atoms with van der Waals surface area (Å²) in [5.41, 5.74) is 5.36. The van der Waals surface area contributed by atoms with E-state index in [1.807, 2.05) is 13.8 Å². The molecule has 4 N–H and O–H groups in total. The van der Waals surface area contributed by atoms with E-state index in [0.29, 0.717) is 24.4 Å². The number of nitrogens with zero attached hydrogens (tertiary/aromatic N) is 1. The van der Waals surface area contributed by atoms with Gasteiger partial charge in [-0.3, -0.25) is 0 Å². The molecule has 1 aliphatic rings. The monoisotopic (exact) mass is 305 g/mol. The van der Waals surface area contributed by atoms with E-state index >= 15 is 0 Å². The fraction of sp³-hybridized carbons (Fsp3) is 0.727. The number of anilines is 2. The van der Waals surface area contributed by atoms with E-state index in [1.165, 1.54) is 0 Å². The third kappa shape index (κ3) is 3.01. The Kier molecular flexibility index (Phi) is 3.76. The Balaban J connectivity index is 2.23. The van der Waals surface area contributed by atoms with Crippen molar-refractivity contribution in [2.45, 2.75) is 36.8 Å². The third-order valence-corrected chi connectivity index (χ3v) is 6.36. The van der Waals surface area contributed by atoms with Crippen molar-refractivity contribution in [1.82, 2.24) is 4.37 Å². The number of aliphatic hydroxyl groups is 1. The maximum atomic E-state index is 12.3. The van der Waals surface area contributed by atoms with Crippen LogP contribution in [0.3, 0.4) is 0 Å². The highest BCUT2D eigenvalue weighted by Crippen LogP contribution is 2.41. The van der Waals surface area contributed by atoms with Gasteiger partial charge in [-0.1, -0.05) is 13.8 Å². The number of sulfone groups is 1. The van der Waals surface area contributed by atoms with E-state index in [4.69, 9.17) is 5.73 Å². The van der Waals surface area contributed by atoms with Crippen molar-refractivity contribution in [2.75, 3.05) is 24.2 Å². The van der Waals surface area contributed by atoms with Crippen molar-refractivity contribution < 1.29 is 13.5 Å². The summed E-state index contributed by atoms with van der Waals surface area (Å²) in [6, 6.07) is 0. The average Bonchev–Trinajstić information content (AvgIpc) is 3.12. The van der Waals surface area contributed by atoms with Crippen LogP contribution in [-0.4, -0.2) is 36.3 Å². The van der Waals surface area contributed by atoms with Gasteiger partial charge in [0.05, 0.1) is 5.25 Å². The van der Waals surface area contributed by atoms with Gasteiger partial charge in [0.25, 0.3) is 0 Å². The first-order chi connectivity index (χ1) is 8.78. The molecule has 0 aromatic carbocycles. The van der Waals surface area contributed by atoms with Gasteiger partial charge in [0.15, 0.2) is 15.7 Å². The Bertz CT molecular complexity index is 562. The molecule has 0 bridgehead atoms. The van der Waals surface area contributed by atoms with E-state index < -0.39 is 9.84 Å². The predicted octanol–water partition coefficient (Wildman–Crippen LogP) is 1.09. The topological polar surface area (TPSA) is 105 Å². The number of aromatic nitrogens is 1. The van der Waals surface area contributed by atoms with E-state index in [-0.39, 0.29) is 28.0 Å². The molecule has 0 saturated heterocycles. The van der Waals surface area contributed by atoms with Crippen LogP contribution in [0.1, 0.15) is 26.7 Å². The standard InChI is InChI=1S/C11H19N3O3S2/c1-11(2,6-15)5-13-10-8(9(12)14-18-10)19(16,17)7-3-4-7/h7,13,15H,3-6H2,1-2H3,(H2,12,14). The number of nitrogens with two attached hydrogens (primary N) is 1. The zero-order valence-electron chi connectivity index (χ0n) is 11.0. The summed E-state index contributed by atoms with van der Waals surface area (Å²) in [5.74, 6) is 0.0706. The summed E-state index contributed by atoms with van der Waals surface area (Å²) in [4.78, 5) is 0.133. The number of nitrogens with one attached hydrogen (secondary N) is 1. The normalized spacial score (nSPS) is 16.6. The number of hydrogen-bond donors (Lipinski definition) is 3. The van der Waals surface area contributed by atoms with E-state index in [1.54, 1.807) is 0 Å². The zero-order chi connectivity index (χ0) is 14.3. The van der Waals surface area contributed by atoms with Gasteiger partial charge in [0.1, 0.15) is 9.90 Å². The smallest absolute Gasteiger partial charge is 0.187 e. The first kappa shape index (κ1) is 14.5. The van der Waals surface area contributed by atoms with Crippen LogP contribution in [0.15, 0.2) is 4.90 Å². The minimum atomic E-state index is -3.36. The molecule has 1 saturated carbocycles. The second kappa shape index (κ2) is 4.92. The molecule has 8 heteroatoms. The molecule has 1 aromatic rings. The first-order valence-electron chi connectivity index (χ1n) is 6.12. The molecule has 19 heavy (non-hydrogen) atoms. The molecule has 6 nitrogen and oxygen atoms in total. The van der Waals surface area contributed by atoms with Gasteiger partial charge in [0, 0.05) is 18.6 Å².